The number of methoxy groups -OCH3 is 1. The van der Waals surface area contributed by atoms with E-state index in [2.05, 4.69) is 4.98 Å². The standard InChI is InChI=1S/C19H19ClN2O3S/c1-12-9-14(4-6-19(12)25-2)26(23,24)22-8-7-17-16(11-22)15-5-3-13(20)10-18(15)21-17/h3-6,9-10,21H,7-8,11H2,1-2H3. The van der Waals surface area contributed by atoms with Gasteiger partial charge in [0.05, 0.1) is 12.0 Å². The minimum absolute atomic E-state index is 0.294. The van der Waals surface area contributed by atoms with Gasteiger partial charge in [-0.2, -0.15) is 4.31 Å². The number of ether oxygens (including phenoxy) is 1. The summed E-state index contributed by atoms with van der Waals surface area (Å²) in [4.78, 5) is 3.66. The molecule has 0 saturated carbocycles. The van der Waals surface area contributed by atoms with E-state index in [4.69, 9.17) is 16.3 Å². The molecule has 3 aromatic rings. The molecule has 0 aliphatic carbocycles. The molecule has 0 unspecified atom stereocenters. The summed E-state index contributed by atoms with van der Waals surface area (Å²) in [6, 6.07) is 10.6. The number of fused-ring (bicyclic) bond motifs is 3. The summed E-state index contributed by atoms with van der Waals surface area (Å²) in [6.45, 7) is 2.64. The van der Waals surface area contributed by atoms with Gasteiger partial charge in [-0.3, -0.25) is 0 Å². The summed E-state index contributed by atoms with van der Waals surface area (Å²) in [5.41, 5.74) is 3.85. The van der Waals surface area contributed by atoms with Gasteiger partial charge < -0.3 is 9.72 Å². The van der Waals surface area contributed by atoms with Gasteiger partial charge in [0, 0.05) is 41.1 Å². The smallest absolute Gasteiger partial charge is 0.243 e. The normalized spacial score (nSPS) is 15.2. The quantitative estimate of drug-likeness (QED) is 0.738. The third-order valence-electron chi connectivity index (χ3n) is 4.91. The van der Waals surface area contributed by atoms with Crippen LogP contribution < -0.4 is 4.74 Å². The Morgan fingerprint density at radius 3 is 2.73 bits per heavy atom. The fraction of sp³-hybridized carbons (Fsp3) is 0.263. The van der Waals surface area contributed by atoms with Crippen molar-refractivity contribution >= 4 is 32.5 Å². The average molecular weight is 391 g/mol. The average Bonchev–Trinajstić information content (AvgIpc) is 2.98. The van der Waals surface area contributed by atoms with E-state index >= 15 is 0 Å². The Morgan fingerprint density at radius 1 is 1.19 bits per heavy atom. The third kappa shape index (κ3) is 2.78. The van der Waals surface area contributed by atoms with Crippen molar-refractivity contribution in [3.05, 3.63) is 58.2 Å². The molecule has 1 aromatic heterocycles. The number of hydrogen-bond donors (Lipinski definition) is 1. The Hall–Kier alpha value is -2.02. The van der Waals surface area contributed by atoms with Crippen molar-refractivity contribution in [2.45, 2.75) is 24.8 Å². The minimum Gasteiger partial charge on any atom is -0.496 e. The van der Waals surface area contributed by atoms with E-state index in [9.17, 15) is 8.42 Å². The van der Waals surface area contributed by atoms with Gasteiger partial charge in [0.25, 0.3) is 0 Å². The molecular formula is C19H19ClN2O3S. The van der Waals surface area contributed by atoms with Crippen molar-refractivity contribution < 1.29 is 13.2 Å². The first kappa shape index (κ1) is 17.4. The third-order valence-corrected chi connectivity index (χ3v) is 6.98. The van der Waals surface area contributed by atoms with Crippen LogP contribution in [0.15, 0.2) is 41.3 Å². The van der Waals surface area contributed by atoms with Crippen LogP contribution in [0, 0.1) is 6.92 Å². The second-order valence-electron chi connectivity index (χ2n) is 6.49. The second-order valence-corrected chi connectivity index (χ2v) is 8.87. The van der Waals surface area contributed by atoms with Gasteiger partial charge in [-0.1, -0.05) is 17.7 Å². The lowest BCUT2D eigenvalue weighted by atomic mass is 10.1. The molecule has 136 valence electrons. The van der Waals surface area contributed by atoms with E-state index in [-0.39, 0.29) is 0 Å². The highest BCUT2D eigenvalue weighted by Gasteiger charge is 2.30. The van der Waals surface area contributed by atoms with Crippen molar-refractivity contribution in [3.8, 4) is 5.75 Å². The SMILES string of the molecule is COc1ccc(S(=O)(=O)N2CCc3[nH]c4cc(Cl)ccc4c3C2)cc1C. The number of benzene rings is 2. The maximum Gasteiger partial charge on any atom is 0.243 e. The lowest BCUT2D eigenvalue weighted by molar-refractivity contribution is 0.390. The summed E-state index contributed by atoms with van der Waals surface area (Å²) < 4.78 is 33.0. The van der Waals surface area contributed by atoms with Crippen molar-refractivity contribution in [1.29, 1.82) is 0 Å². The Balaban J connectivity index is 1.71. The maximum atomic E-state index is 13.1. The monoisotopic (exact) mass is 390 g/mol. The number of nitrogens with zero attached hydrogens (tertiary/aromatic N) is 1. The van der Waals surface area contributed by atoms with Gasteiger partial charge in [0.15, 0.2) is 0 Å². The number of halogens is 1. The van der Waals surface area contributed by atoms with Crippen molar-refractivity contribution in [2.75, 3.05) is 13.7 Å². The van der Waals surface area contributed by atoms with E-state index in [0.717, 1.165) is 27.7 Å². The topological polar surface area (TPSA) is 62.4 Å². The number of nitrogens with one attached hydrogen (secondary N) is 1. The zero-order valence-electron chi connectivity index (χ0n) is 14.5. The number of rotatable bonds is 3. The van der Waals surface area contributed by atoms with E-state index < -0.39 is 10.0 Å². The highest BCUT2D eigenvalue weighted by Crippen LogP contribution is 2.32. The van der Waals surface area contributed by atoms with Crippen LogP contribution in [0.25, 0.3) is 10.9 Å². The van der Waals surface area contributed by atoms with Crippen LogP contribution in [0.2, 0.25) is 5.02 Å². The van der Waals surface area contributed by atoms with Gasteiger partial charge >= 0.3 is 0 Å². The molecule has 0 atom stereocenters. The van der Waals surface area contributed by atoms with Gasteiger partial charge in [0.1, 0.15) is 5.75 Å². The Bertz CT molecular complexity index is 1110. The summed E-state index contributed by atoms with van der Waals surface area (Å²) in [5.74, 6) is 0.679. The van der Waals surface area contributed by atoms with E-state index in [1.165, 1.54) is 0 Å². The fourth-order valence-corrected chi connectivity index (χ4v) is 5.20. The van der Waals surface area contributed by atoms with Crippen LogP contribution in [0.1, 0.15) is 16.8 Å². The molecule has 2 heterocycles. The number of aromatic amines is 1. The van der Waals surface area contributed by atoms with Crippen molar-refractivity contribution in [3.63, 3.8) is 0 Å². The van der Waals surface area contributed by atoms with E-state index in [1.54, 1.807) is 29.6 Å². The summed E-state index contributed by atoms with van der Waals surface area (Å²) in [6.07, 6.45) is 0.649. The van der Waals surface area contributed by atoms with Gasteiger partial charge in [-0.25, -0.2) is 8.42 Å². The molecule has 1 aliphatic heterocycles. The van der Waals surface area contributed by atoms with Crippen molar-refractivity contribution in [2.24, 2.45) is 0 Å². The molecule has 7 heteroatoms. The molecule has 4 rings (SSSR count). The van der Waals surface area contributed by atoms with E-state index in [0.29, 0.717) is 35.2 Å². The lowest BCUT2D eigenvalue weighted by Gasteiger charge is -2.26. The molecule has 1 N–H and O–H groups in total. The van der Waals surface area contributed by atoms with E-state index in [1.807, 2.05) is 25.1 Å². The van der Waals surface area contributed by atoms with Crippen LogP contribution >= 0.6 is 11.6 Å². The molecule has 26 heavy (non-hydrogen) atoms. The molecule has 0 saturated heterocycles. The van der Waals surface area contributed by atoms with Gasteiger partial charge in [-0.15, -0.1) is 0 Å². The molecule has 0 spiro atoms. The zero-order valence-corrected chi connectivity index (χ0v) is 16.1. The number of sulfonamides is 1. The van der Waals surface area contributed by atoms with Crippen LogP contribution in [-0.2, 0) is 23.0 Å². The maximum absolute atomic E-state index is 13.1. The van der Waals surface area contributed by atoms with Crippen LogP contribution in [0.3, 0.4) is 0 Å². The zero-order chi connectivity index (χ0) is 18.5. The Morgan fingerprint density at radius 2 is 2.00 bits per heavy atom. The fourth-order valence-electron chi connectivity index (χ4n) is 3.54. The van der Waals surface area contributed by atoms with Crippen LogP contribution in [-0.4, -0.2) is 31.4 Å². The molecule has 0 fully saturated rings. The molecule has 0 bridgehead atoms. The molecule has 0 radical (unpaired) electrons. The first-order valence-electron chi connectivity index (χ1n) is 8.34. The number of aryl methyl sites for hydroxylation is 1. The molecule has 5 nitrogen and oxygen atoms in total. The summed E-state index contributed by atoms with van der Waals surface area (Å²) >= 11 is 6.07. The summed E-state index contributed by atoms with van der Waals surface area (Å²) in [5, 5.41) is 1.68. The first-order chi connectivity index (χ1) is 12.4. The minimum atomic E-state index is -3.57. The number of hydrogen-bond acceptors (Lipinski definition) is 3. The predicted octanol–water partition coefficient (Wildman–Crippen LogP) is 3.89. The van der Waals surface area contributed by atoms with Crippen LogP contribution in [0.5, 0.6) is 5.75 Å². The molecule has 2 aromatic carbocycles. The summed E-state index contributed by atoms with van der Waals surface area (Å²) in [7, 11) is -1.99. The number of aromatic nitrogens is 1. The highest BCUT2D eigenvalue weighted by atomic mass is 35.5. The van der Waals surface area contributed by atoms with Crippen molar-refractivity contribution in [1.82, 2.24) is 9.29 Å². The van der Waals surface area contributed by atoms with Crippen LogP contribution in [0.4, 0.5) is 0 Å². The van der Waals surface area contributed by atoms with Gasteiger partial charge in [-0.05, 0) is 48.4 Å². The second kappa shape index (κ2) is 6.30. The molecule has 1 aliphatic rings. The highest BCUT2D eigenvalue weighted by molar-refractivity contribution is 7.89. The Kier molecular flexibility index (Phi) is 4.22. The lowest BCUT2D eigenvalue weighted by Crippen LogP contribution is -2.35. The molecule has 0 amide bonds. The van der Waals surface area contributed by atoms with Gasteiger partial charge in [0.2, 0.25) is 10.0 Å². The largest absolute Gasteiger partial charge is 0.496 e. The molecular weight excluding hydrogens is 372 g/mol. The Labute approximate surface area is 157 Å². The number of H-pyrrole nitrogens is 1. The predicted molar refractivity (Wildman–Crippen MR) is 102 cm³/mol. The first-order valence-corrected chi connectivity index (χ1v) is 10.2.